The van der Waals surface area contributed by atoms with E-state index in [9.17, 15) is 4.79 Å². The van der Waals surface area contributed by atoms with Gasteiger partial charge < -0.3 is 16.2 Å². The lowest BCUT2D eigenvalue weighted by Crippen LogP contribution is -2.16. The van der Waals surface area contributed by atoms with Crippen LogP contribution in [0.4, 0.5) is 11.5 Å². The van der Waals surface area contributed by atoms with E-state index in [0.717, 1.165) is 18.9 Å². The second-order valence-electron chi connectivity index (χ2n) is 4.48. The van der Waals surface area contributed by atoms with E-state index in [-0.39, 0.29) is 5.56 Å². The first kappa shape index (κ1) is 11.7. The molecule has 17 heavy (non-hydrogen) atoms. The maximum absolute atomic E-state index is 10.7. The summed E-state index contributed by atoms with van der Waals surface area (Å²) in [5.74, 6) is 0.404. The van der Waals surface area contributed by atoms with Gasteiger partial charge in [0.2, 0.25) is 0 Å². The number of pyridine rings is 1. The van der Waals surface area contributed by atoms with Gasteiger partial charge in [0.1, 0.15) is 5.82 Å². The van der Waals surface area contributed by atoms with Crippen LogP contribution in [0.1, 0.15) is 36.0 Å². The molecule has 1 aliphatic rings. The summed E-state index contributed by atoms with van der Waals surface area (Å²) in [6.45, 7) is 0.842. The van der Waals surface area contributed by atoms with Gasteiger partial charge in [0.25, 0.3) is 0 Å². The van der Waals surface area contributed by atoms with Crippen molar-refractivity contribution in [1.82, 2.24) is 4.98 Å². The summed E-state index contributed by atoms with van der Waals surface area (Å²) < 4.78 is 0. The predicted octanol–water partition coefficient (Wildman–Crippen LogP) is 1.96. The van der Waals surface area contributed by atoms with Crippen LogP contribution in [-0.2, 0) is 0 Å². The number of anilines is 2. The number of carbonyl (C=O) groups is 1. The van der Waals surface area contributed by atoms with Crippen molar-refractivity contribution in [3.8, 4) is 0 Å². The van der Waals surface area contributed by atoms with Crippen LogP contribution in [0.3, 0.4) is 0 Å². The second-order valence-corrected chi connectivity index (χ2v) is 4.48. The van der Waals surface area contributed by atoms with Crippen LogP contribution in [0.25, 0.3) is 0 Å². The number of rotatable bonds is 5. The quantitative estimate of drug-likeness (QED) is 0.726. The molecular formula is C12H17N3O2. The Morgan fingerprint density at radius 3 is 2.88 bits per heavy atom. The molecule has 4 N–H and O–H groups in total. The number of hydrogen-bond acceptors (Lipinski definition) is 4. The average Bonchev–Trinajstić information content (AvgIpc) is 2.23. The lowest BCUT2D eigenvalue weighted by molar-refractivity contribution is 0.0696. The lowest BCUT2D eigenvalue weighted by Gasteiger charge is -2.25. The highest BCUT2D eigenvalue weighted by Crippen LogP contribution is 2.29. The monoisotopic (exact) mass is 235 g/mol. The smallest absolute Gasteiger partial charge is 0.337 e. The Balaban J connectivity index is 1.89. The number of nitrogens with zero attached hydrogens (tertiary/aromatic N) is 1. The Labute approximate surface area is 100 Å². The second kappa shape index (κ2) is 5.03. The molecule has 5 heteroatoms. The van der Waals surface area contributed by atoms with Crippen LogP contribution in [0.5, 0.6) is 0 Å². The molecule has 0 aliphatic heterocycles. The number of aromatic carboxylic acids is 1. The average molecular weight is 235 g/mol. The molecule has 5 nitrogen and oxygen atoms in total. The SMILES string of the molecule is Nc1cc(C(=O)O)cnc1NCCC1CCC1. The number of nitrogen functional groups attached to an aromatic ring is 1. The third-order valence-electron chi connectivity index (χ3n) is 3.23. The minimum atomic E-state index is -1.01. The molecule has 0 spiro atoms. The summed E-state index contributed by atoms with van der Waals surface area (Å²) >= 11 is 0. The minimum Gasteiger partial charge on any atom is -0.478 e. The van der Waals surface area contributed by atoms with E-state index in [4.69, 9.17) is 10.8 Å². The van der Waals surface area contributed by atoms with Gasteiger partial charge in [-0.05, 0) is 18.4 Å². The first-order valence-electron chi connectivity index (χ1n) is 5.89. The van der Waals surface area contributed by atoms with Crippen molar-refractivity contribution in [3.05, 3.63) is 17.8 Å². The van der Waals surface area contributed by atoms with E-state index in [1.54, 1.807) is 0 Å². The fraction of sp³-hybridized carbons (Fsp3) is 0.500. The van der Waals surface area contributed by atoms with Crippen LogP contribution < -0.4 is 11.1 Å². The number of nitrogens with one attached hydrogen (secondary N) is 1. The zero-order valence-electron chi connectivity index (χ0n) is 9.65. The van der Waals surface area contributed by atoms with E-state index in [2.05, 4.69) is 10.3 Å². The van der Waals surface area contributed by atoms with Gasteiger partial charge in [-0.15, -0.1) is 0 Å². The first-order valence-corrected chi connectivity index (χ1v) is 5.89. The molecule has 1 aromatic heterocycles. The largest absolute Gasteiger partial charge is 0.478 e. The number of carboxylic acids is 1. The fourth-order valence-corrected chi connectivity index (χ4v) is 1.92. The van der Waals surface area contributed by atoms with E-state index in [1.165, 1.54) is 31.5 Å². The summed E-state index contributed by atoms with van der Waals surface area (Å²) in [6, 6.07) is 1.43. The number of hydrogen-bond donors (Lipinski definition) is 3. The molecule has 1 aromatic rings. The van der Waals surface area contributed by atoms with Gasteiger partial charge >= 0.3 is 5.97 Å². The van der Waals surface area contributed by atoms with E-state index < -0.39 is 5.97 Å². The lowest BCUT2D eigenvalue weighted by atomic mass is 9.83. The molecule has 0 bridgehead atoms. The highest BCUT2D eigenvalue weighted by atomic mass is 16.4. The Morgan fingerprint density at radius 1 is 1.59 bits per heavy atom. The Kier molecular flexibility index (Phi) is 3.46. The standard InChI is InChI=1S/C12H17N3O2/c13-10-6-9(12(16)17)7-15-11(10)14-5-4-8-2-1-3-8/h6-8H,1-5,13H2,(H,14,15)(H,16,17). The van der Waals surface area contributed by atoms with Crippen LogP contribution in [0.15, 0.2) is 12.3 Å². The maximum Gasteiger partial charge on any atom is 0.337 e. The molecule has 0 radical (unpaired) electrons. The van der Waals surface area contributed by atoms with Crippen molar-refractivity contribution in [2.24, 2.45) is 5.92 Å². The van der Waals surface area contributed by atoms with Crippen molar-refractivity contribution in [2.75, 3.05) is 17.6 Å². The molecule has 0 unspecified atom stereocenters. The van der Waals surface area contributed by atoms with Gasteiger partial charge in [-0.25, -0.2) is 9.78 Å². The van der Waals surface area contributed by atoms with Crippen molar-refractivity contribution in [3.63, 3.8) is 0 Å². The molecule has 0 amide bonds. The zero-order chi connectivity index (χ0) is 12.3. The molecule has 0 atom stereocenters. The van der Waals surface area contributed by atoms with Gasteiger partial charge in [-0.3, -0.25) is 0 Å². The van der Waals surface area contributed by atoms with E-state index in [1.807, 2.05) is 0 Å². The third kappa shape index (κ3) is 2.87. The predicted molar refractivity (Wildman–Crippen MR) is 66.1 cm³/mol. The summed E-state index contributed by atoms with van der Waals surface area (Å²) in [5, 5.41) is 11.9. The Bertz CT molecular complexity index is 416. The molecule has 1 fully saturated rings. The van der Waals surface area contributed by atoms with Crippen LogP contribution in [0.2, 0.25) is 0 Å². The molecule has 1 aliphatic carbocycles. The van der Waals surface area contributed by atoms with Crippen molar-refractivity contribution in [2.45, 2.75) is 25.7 Å². The maximum atomic E-state index is 10.7. The van der Waals surface area contributed by atoms with Crippen molar-refractivity contribution < 1.29 is 9.90 Å². The summed E-state index contributed by atoms with van der Waals surface area (Å²) in [5.41, 5.74) is 6.24. The summed E-state index contributed by atoms with van der Waals surface area (Å²) in [4.78, 5) is 14.7. The molecule has 1 heterocycles. The van der Waals surface area contributed by atoms with Crippen molar-refractivity contribution >= 4 is 17.5 Å². The summed E-state index contributed by atoms with van der Waals surface area (Å²) in [6.07, 6.45) is 6.44. The molecular weight excluding hydrogens is 218 g/mol. The normalized spacial score (nSPS) is 15.3. The van der Waals surface area contributed by atoms with E-state index in [0.29, 0.717) is 11.5 Å². The molecule has 0 aromatic carbocycles. The Morgan fingerprint density at radius 2 is 2.35 bits per heavy atom. The Hall–Kier alpha value is -1.78. The topological polar surface area (TPSA) is 88.2 Å². The molecule has 92 valence electrons. The van der Waals surface area contributed by atoms with Gasteiger partial charge in [0.15, 0.2) is 0 Å². The third-order valence-corrected chi connectivity index (χ3v) is 3.23. The van der Waals surface area contributed by atoms with Crippen LogP contribution in [-0.4, -0.2) is 22.6 Å². The van der Waals surface area contributed by atoms with E-state index >= 15 is 0 Å². The van der Waals surface area contributed by atoms with Crippen LogP contribution >= 0.6 is 0 Å². The van der Waals surface area contributed by atoms with Gasteiger partial charge in [-0.1, -0.05) is 19.3 Å². The highest BCUT2D eigenvalue weighted by molar-refractivity contribution is 5.89. The minimum absolute atomic E-state index is 0.118. The molecule has 1 saturated carbocycles. The van der Waals surface area contributed by atoms with Crippen molar-refractivity contribution in [1.29, 1.82) is 0 Å². The first-order chi connectivity index (χ1) is 8.16. The van der Waals surface area contributed by atoms with Gasteiger partial charge in [-0.2, -0.15) is 0 Å². The van der Waals surface area contributed by atoms with Crippen LogP contribution in [0, 0.1) is 5.92 Å². The number of carboxylic acid groups (broad SMARTS) is 1. The molecule has 2 rings (SSSR count). The van der Waals surface area contributed by atoms with Gasteiger partial charge in [0, 0.05) is 12.7 Å². The number of nitrogens with two attached hydrogens (primary N) is 1. The highest BCUT2D eigenvalue weighted by Gasteiger charge is 2.16. The van der Waals surface area contributed by atoms with Gasteiger partial charge in [0.05, 0.1) is 11.3 Å². The summed E-state index contributed by atoms with van der Waals surface area (Å²) in [7, 11) is 0. The fourth-order valence-electron chi connectivity index (χ4n) is 1.92. The number of aromatic nitrogens is 1. The zero-order valence-corrected chi connectivity index (χ0v) is 9.65. The molecule has 0 saturated heterocycles.